The molecule has 2 rings (SSSR count). The molecule has 0 aliphatic carbocycles. The molecule has 19 heavy (non-hydrogen) atoms. The Morgan fingerprint density at radius 2 is 2.21 bits per heavy atom. The second-order valence-corrected chi connectivity index (χ2v) is 4.85. The van der Waals surface area contributed by atoms with E-state index < -0.39 is 5.60 Å². The topological polar surface area (TPSA) is 54.4 Å². The molecule has 1 atom stereocenters. The molecule has 0 saturated carbocycles. The first-order valence-corrected chi connectivity index (χ1v) is 6.41. The summed E-state index contributed by atoms with van der Waals surface area (Å²) in [4.78, 5) is 4.28. The first kappa shape index (κ1) is 13.9. The Morgan fingerprint density at radius 3 is 3.00 bits per heavy atom. The second-order valence-electron chi connectivity index (χ2n) is 4.85. The third-order valence-electron chi connectivity index (χ3n) is 3.18. The van der Waals surface area contributed by atoms with Gasteiger partial charge in [0.25, 0.3) is 0 Å². The molecule has 0 spiro atoms. The molecule has 2 aromatic rings. The smallest absolute Gasteiger partial charge is 0.0992 e. The molecular formula is C15H20N2O2. The maximum atomic E-state index is 10.5. The highest BCUT2D eigenvalue weighted by atomic mass is 16.5. The SMILES string of the molecule is COCCNCC(C)(O)c1ccc2ncccc2c1. The predicted molar refractivity (Wildman–Crippen MR) is 76.1 cm³/mol. The van der Waals surface area contributed by atoms with Crippen molar-refractivity contribution in [2.24, 2.45) is 0 Å². The minimum absolute atomic E-state index is 0.488. The summed E-state index contributed by atoms with van der Waals surface area (Å²) >= 11 is 0. The summed E-state index contributed by atoms with van der Waals surface area (Å²) in [6.45, 7) is 3.66. The van der Waals surface area contributed by atoms with Crippen LogP contribution in [0.2, 0.25) is 0 Å². The Balaban J connectivity index is 2.12. The van der Waals surface area contributed by atoms with Gasteiger partial charge < -0.3 is 15.2 Å². The molecular weight excluding hydrogens is 240 g/mol. The minimum atomic E-state index is -0.905. The number of methoxy groups -OCH3 is 1. The third-order valence-corrected chi connectivity index (χ3v) is 3.18. The number of rotatable bonds is 6. The highest BCUT2D eigenvalue weighted by Crippen LogP contribution is 2.23. The molecule has 0 fully saturated rings. The average Bonchev–Trinajstić information content (AvgIpc) is 2.43. The van der Waals surface area contributed by atoms with E-state index >= 15 is 0 Å². The summed E-state index contributed by atoms with van der Waals surface area (Å²) in [5.74, 6) is 0. The number of fused-ring (bicyclic) bond motifs is 1. The molecule has 0 bridgehead atoms. The monoisotopic (exact) mass is 260 g/mol. The molecule has 4 nitrogen and oxygen atoms in total. The maximum Gasteiger partial charge on any atom is 0.0992 e. The van der Waals surface area contributed by atoms with E-state index in [1.165, 1.54) is 0 Å². The van der Waals surface area contributed by atoms with Crippen molar-refractivity contribution in [2.75, 3.05) is 26.8 Å². The van der Waals surface area contributed by atoms with Gasteiger partial charge in [0.15, 0.2) is 0 Å². The lowest BCUT2D eigenvalue weighted by atomic mass is 9.94. The van der Waals surface area contributed by atoms with E-state index in [2.05, 4.69) is 10.3 Å². The molecule has 102 valence electrons. The van der Waals surface area contributed by atoms with Gasteiger partial charge in [0.1, 0.15) is 0 Å². The van der Waals surface area contributed by atoms with Crippen LogP contribution in [0.4, 0.5) is 0 Å². The van der Waals surface area contributed by atoms with Crippen LogP contribution in [-0.2, 0) is 10.3 Å². The molecule has 0 aliphatic rings. The summed E-state index contributed by atoms with van der Waals surface area (Å²) < 4.78 is 4.97. The number of hydrogen-bond acceptors (Lipinski definition) is 4. The third kappa shape index (κ3) is 3.50. The molecule has 0 amide bonds. The van der Waals surface area contributed by atoms with Gasteiger partial charge in [0.05, 0.1) is 17.7 Å². The normalized spacial score (nSPS) is 14.5. The van der Waals surface area contributed by atoms with E-state index in [1.807, 2.05) is 37.3 Å². The quantitative estimate of drug-likeness (QED) is 0.776. The fraction of sp³-hybridized carbons (Fsp3) is 0.400. The zero-order valence-electron chi connectivity index (χ0n) is 11.4. The van der Waals surface area contributed by atoms with Crippen LogP contribution in [0, 0.1) is 0 Å². The van der Waals surface area contributed by atoms with Gasteiger partial charge in [-0.2, -0.15) is 0 Å². The first-order chi connectivity index (χ1) is 9.13. The summed E-state index contributed by atoms with van der Waals surface area (Å²) in [6, 6.07) is 9.75. The number of ether oxygens (including phenoxy) is 1. The summed E-state index contributed by atoms with van der Waals surface area (Å²) in [7, 11) is 1.66. The van der Waals surface area contributed by atoms with Crippen molar-refractivity contribution < 1.29 is 9.84 Å². The number of aliphatic hydroxyl groups is 1. The molecule has 1 unspecified atom stereocenters. The highest BCUT2D eigenvalue weighted by molar-refractivity contribution is 5.79. The lowest BCUT2D eigenvalue weighted by molar-refractivity contribution is 0.0551. The fourth-order valence-electron chi connectivity index (χ4n) is 2.02. The molecule has 0 radical (unpaired) electrons. The zero-order valence-corrected chi connectivity index (χ0v) is 11.4. The van der Waals surface area contributed by atoms with E-state index in [4.69, 9.17) is 4.74 Å². The number of aromatic nitrogens is 1. The van der Waals surface area contributed by atoms with Gasteiger partial charge in [-0.3, -0.25) is 4.98 Å². The van der Waals surface area contributed by atoms with Gasteiger partial charge in [-0.15, -0.1) is 0 Å². The summed E-state index contributed by atoms with van der Waals surface area (Å²) in [6.07, 6.45) is 1.77. The Bertz CT molecular complexity index is 540. The van der Waals surface area contributed by atoms with Crippen LogP contribution in [0.3, 0.4) is 0 Å². The van der Waals surface area contributed by atoms with E-state index in [0.29, 0.717) is 13.2 Å². The minimum Gasteiger partial charge on any atom is -0.384 e. The van der Waals surface area contributed by atoms with Crippen molar-refractivity contribution >= 4 is 10.9 Å². The van der Waals surface area contributed by atoms with Crippen molar-refractivity contribution in [1.29, 1.82) is 0 Å². The molecule has 1 aromatic heterocycles. The van der Waals surface area contributed by atoms with Crippen molar-refractivity contribution in [2.45, 2.75) is 12.5 Å². The van der Waals surface area contributed by atoms with Gasteiger partial charge in [0.2, 0.25) is 0 Å². The van der Waals surface area contributed by atoms with Crippen LogP contribution < -0.4 is 5.32 Å². The van der Waals surface area contributed by atoms with Gasteiger partial charge >= 0.3 is 0 Å². The average molecular weight is 260 g/mol. The number of benzene rings is 1. The van der Waals surface area contributed by atoms with Crippen LogP contribution in [0.15, 0.2) is 36.5 Å². The maximum absolute atomic E-state index is 10.5. The molecule has 0 saturated heterocycles. The Morgan fingerprint density at radius 1 is 1.37 bits per heavy atom. The van der Waals surface area contributed by atoms with Gasteiger partial charge in [0, 0.05) is 31.8 Å². The molecule has 2 N–H and O–H groups in total. The van der Waals surface area contributed by atoms with Crippen LogP contribution in [0.5, 0.6) is 0 Å². The van der Waals surface area contributed by atoms with E-state index in [0.717, 1.165) is 23.0 Å². The number of pyridine rings is 1. The number of nitrogens with zero attached hydrogens (tertiary/aromatic N) is 1. The molecule has 1 aromatic carbocycles. The Kier molecular flexibility index (Phi) is 4.47. The molecule has 1 heterocycles. The second kappa shape index (κ2) is 6.10. The van der Waals surface area contributed by atoms with Crippen LogP contribution in [0.25, 0.3) is 10.9 Å². The number of hydrogen-bond donors (Lipinski definition) is 2. The van der Waals surface area contributed by atoms with Crippen molar-refractivity contribution in [3.05, 3.63) is 42.1 Å². The lowest BCUT2D eigenvalue weighted by Gasteiger charge is -2.24. The van der Waals surface area contributed by atoms with Gasteiger partial charge in [-0.05, 0) is 30.7 Å². The highest BCUT2D eigenvalue weighted by Gasteiger charge is 2.22. The van der Waals surface area contributed by atoms with Crippen LogP contribution >= 0.6 is 0 Å². The Hall–Kier alpha value is -1.49. The van der Waals surface area contributed by atoms with E-state index in [1.54, 1.807) is 13.3 Å². The largest absolute Gasteiger partial charge is 0.384 e. The Labute approximate surface area is 113 Å². The van der Waals surface area contributed by atoms with Gasteiger partial charge in [-0.1, -0.05) is 12.1 Å². The summed E-state index contributed by atoms with van der Waals surface area (Å²) in [5, 5.41) is 14.7. The standard InChI is InChI=1S/C15H20N2O2/c1-15(18,11-16-8-9-19-2)13-5-6-14-12(10-13)4-3-7-17-14/h3-7,10,16,18H,8-9,11H2,1-2H3. The molecule has 0 aliphatic heterocycles. The zero-order chi connectivity index (χ0) is 13.7. The van der Waals surface area contributed by atoms with Crippen molar-refractivity contribution in [3.8, 4) is 0 Å². The van der Waals surface area contributed by atoms with E-state index in [-0.39, 0.29) is 0 Å². The van der Waals surface area contributed by atoms with Crippen molar-refractivity contribution in [1.82, 2.24) is 10.3 Å². The summed E-state index contributed by atoms with van der Waals surface area (Å²) in [5.41, 5.74) is 0.921. The van der Waals surface area contributed by atoms with Crippen LogP contribution in [0.1, 0.15) is 12.5 Å². The van der Waals surface area contributed by atoms with Crippen LogP contribution in [-0.4, -0.2) is 36.9 Å². The lowest BCUT2D eigenvalue weighted by Crippen LogP contribution is -2.36. The molecule has 4 heteroatoms. The van der Waals surface area contributed by atoms with Gasteiger partial charge in [-0.25, -0.2) is 0 Å². The fourth-order valence-corrected chi connectivity index (χ4v) is 2.02. The predicted octanol–water partition coefficient (Wildman–Crippen LogP) is 1.68. The van der Waals surface area contributed by atoms with Crippen molar-refractivity contribution in [3.63, 3.8) is 0 Å². The van der Waals surface area contributed by atoms with E-state index in [9.17, 15) is 5.11 Å². The first-order valence-electron chi connectivity index (χ1n) is 6.41. The number of nitrogens with one attached hydrogen (secondary N) is 1.